The van der Waals surface area contributed by atoms with Gasteiger partial charge in [0.05, 0.1) is 12.8 Å². The quantitative estimate of drug-likeness (QED) is 0.622. The molecule has 0 aliphatic heterocycles. The molecule has 28 heavy (non-hydrogen) atoms. The normalized spacial score (nSPS) is 11.5. The van der Waals surface area contributed by atoms with Crippen LogP contribution >= 0.6 is 0 Å². The summed E-state index contributed by atoms with van der Waals surface area (Å²) >= 11 is 0. The molecule has 0 saturated heterocycles. The molecule has 0 aliphatic rings. The lowest BCUT2D eigenvalue weighted by atomic mass is 10.0. The van der Waals surface area contributed by atoms with Crippen LogP contribution in [0.1, 0.15) is 16.7 Å². The highest BCUT2D eigenvalue weighted by molar-refractivity contribution is 6.13. The van der Waals surface area contributed by atoms with Crippen LogP contribution < -0.4 is 4.74 Å². The standard InChI is InChI=1S/C23H20FNO3/c1-28-19-12-13-20(24)18(14-19)15-21(23(26)27)25-22(16-8-4-2-5-9-16)17-10-6-3-7-11-17/h2-14,21H,15H2,1H3,(H,26,27). The van der Waals surface area contributed by atoms with E-state index in [4.69, 9.17) is 4.74 Å². The van der Waals surface area contributed by atoms with E-state index in [1.165, 1.54) is 25.3 Å². The topological polar surface area (TPSA) is 58.9 Å². The summed E-state index contributed by atoms with van der Waals surface area (Å²) in [5.74, 6) is -1.13. The lowest BCUT2D eigenvalue weighted by Gasteiger charge is -2.14. The van der Waals surface area contributed by atoms with Gasteiger partial charge in [-0.05, 0) is 23.8 Å². The van der Waals surface area contributed by atoms with E-state index in [9.17, 15) is 14.3 Å². The second kappa shape index (κ2) is 8.95. The maximum Gasteiger partial charge on any atom is 0.328 e. The van der Waals surface area contributed by atoms with E-state index in [0.29, 0.717) is 11.5 Å². The highest BCUT2D eigenvalue weighted by atomic mass is 19.1. The summed E-state index contributed by atoms with van der Waals surface area (Å²) in [5, 5.41) is 9.73. The van der Waals surface area contributed by atoms with Gasteiger partial charge in [-0.25, -0.2) is 9.18 Å². The summed E-state index contributed by atoms with van der Waals surface area (Å²) in [6.07, 6.45) is -0.0818. The van der Waals surface area contributed by atoms with Crippen molar-refractivity contribution in [2.45, 2.75) is 12.5 Å². The highest BCUT2D eigenvalue weighted by Crippen LogP contribution is 2.20. The lowest BCUT2D eigenvalue weighted by molar-refractivity contribution is -0.138. The van der Waals surface area contributed by atoms with E-state index in [-0.39, 0.29) is 12.0 Å². The molecule has 0 bridgehead atoms. The molecule has 3 aromatic rings. The van der Waals surface area contributed by atoms with Crippen LogP contribution in [0.4, 0.5) is 4.39 Å². The third kappa shape index (κ3) is 4.62. The molecule has 0 radical (unpaired) electrons. The van der Waals surface area contributed by atoms with Crippen LogP contribution in [0.3, 0.4) is 0 Å². The molecule has 4 nitrogen and oxygen atoms in total. The zero-order valence-electron chi connectivity index (χ0n) is 15.4. The number of rotatable bonds is 7. The van der Waals surface area contributed by atoms with Gasteiger partial charge in [0, 0.05) is 17.5 Å². The second-order valence-electron chi connectivity index (χ2n) is 6.23. The van der Waals surface area contributed by atoms with Crippen LogP contribution in [0.2, 0.25) is 0 Å². The molecule has 142 valence electrons. The molecular formula is C23H20FNO3. The fraction of sp³-hybridized carbons (Fsp3) is 0.130. The van der Waals surface area contributed by atoms with Crippen LogP contribution in [0.15, 0.2) is 83.9 Å². The largest absolute Gasteiger partial charge is 0.497 e. The molecule has 0 fully saturated rings. The zero-order chi connectivity index (χ0) is 19.9. The number of carboxylic acid groups (broad SMARTS) is 1. The number of methoxy groups -OCH3 is 1. The fourth-order valence-electron chi connectivity index (χ4n) is 2.89. The number of ether oxygens (including phenoxy) is 1. The van der Waals surface area contributed by atoms with Crippen LogP contribution in [-0.4, -0.2) is 29.9 Å². The zero-order valence-corrected chi connectivity index (χ0v) is 15.4. The SMILES string of the molecule is COc1ccc(F)c(CC(N=C(c2ccccc2)c2ccccc2)C(=O)O)c1. The number of halogens is 1. The van der Waals surface area contributed by atoms with Crippen LogP contribution in [0.5, 0.6) is 5.75 Å². The monoisotopic (exact) mass is 377 g/mol. The number of hydrogen-bond donors (Lipinski definition) is 1. The van der Waals surface area contributed by atoms with E-state index in [1.54, 1.807) is 0 Å². The van der Waals surface area contributed by atoms with Crippen molar-refractivity contribution >= 4 is 11.7 Å². The van der Waals surface area contributed by atoms with Gasteiger partial charge in [0.1, 0.15) is 11.6 Å². The summed E-state index contributed by atoms with van der Waals surface area (Å²) in [6.45, 7) is 0. The minimum absolute atomic E-state index is 0.0818. The number of nitrogens with zero attached hydrogens (tertiary/aromatic N) is 1. The molecule has 5 heteroatoms. The minimum Gasteiger partial charge on any atom is -0.497 e. The van der Waals surface area contributed by atoms with Crippen LogP contribution in [-0.2, 0) is 11.2 Å². The van der Waals surface area contributed by atoms with Gasteiger partial charge in [-0.2, -0.15) is 0 Å². The smallest absolute Gasteiger partial charge is 0.328 e. The molecule has 0 aliphatic carbocycles. The Morgan fingerprint density at radius 1 is 1.00 bits per heavy atom. The van der Waals surface area contributed by atoms with Crippen LogP contribution in [0.25, 0.3) is 0 Å². The molecule has 0 saturated carbocycles. The average molecular weight is 377 g/mol. The molecule has 1 atom stereocenters. The summed E-state index contributed by atoms with van der Waals surface area (Å²) in [6, 6.07) is 21.8. The van der Waals surface area contributed by atoms with Gasteiger partial charge in [0.2, 0.25) is 0 Å². The van der Waals surface area contributed by atoms with Gasteiger partial charge in [0.25, 0.3) is 0 Å². The first-order valence-corrected chi connectivity index (χ1v) is 8.82. The first-order valence-electron chi connectivity index (χ1n) is 8.82. The third-order valence-corrected chi connectivity index (χ3v) is 4.33. The van der Waals surface area contributed by atoms with Crippen molar-refractivity contribution in [3.8, 4) is 5.75 Å². The maximum absolute atomic E-state index is 14.2. The van der Waals surface area contributed by atoms with Gasteiger partial charge in [-0.15, -0.1) is 0 Å². The average Bonchev–Trinajstić information content (AvgIpc) is 2.73. The van der Waals surface area contributed by atoms with E-state index >= 15 is 0 Å². The first-order chi connectivity index (χ1) is 13.6. The summed E-state index contributed by atoms with van der Waals surface area (Å²) in [4.78, 5) is 16.4. The third-order valence-electron chi connectivity index (χ3n) is 4.33. The van der Waals surface area contributed by atoms with Crippen molar-refractivity contribution in [1.29, 1.82) is 0 Å². The summed E-state index contributed by atoms with van der Waals surface area (Å²) in [7, 11) is 1.48. The highest BCUT2D eigenvalue weighted by Gasteiger charge is 2.21. The van der Waals surface area contributed by atoms with Crippen molar-refractivity contribution in [2.75, 3.05) is 7.11 Å². The molecule has 3 aromatic carbocycles. The summed E-state index contributed by atoms with van der Waals surface area (Å²) < 4.78 is 19.3. The molecular weight excluding hydrogens is 357 g/mol. The second-order valence-corrected chi connectivity index (χ2v) is 6.23. The minimum atomic E-state index is -1.14. The molecule has 3 rings (SSSR count). The van der Waals surface area contributed by atoms with Crippen LogP contribution in [0, 0.1) is 5.82 Å². The van der Waals surface area contributed by atoms with Gasteiger partial charge in [-0.1, -0.05) is 60.7 Å². The van der Waals surface area contributed by atoms with Crippen molar-refractivity contribution in [3.63, 3.8) is 0 Å². The molecule has 0 heterocycles. The predicted molar refractivity (Wildman–Crippen MR) is 107 cm³/mol. The molecule has 0 spiro atoms. The Morgan fingerprint density at radius 2 is 1.57 bits per heavy atom. The molecule has 1 N–H and O–H groups in total. The van der Waals surface area contributed by atoms with E-state index in [2.05, 4.69) is 4.99 Å². The number of hydrogen-bond acceptors (Lipinski definition) is 3. The molecule has 0 aromatic heterocycles. The van der Waals surface area contributed by atoms with E-state index in [0.717, 1.165) is 11.1 Å². The van der Waals surface area contributed by atoms with Gasteiger partial charge in [0.15, 0.2) is 6.04 Å². The van der Waals surface area contributed by atoms with E-state index in [1.807, 2.05) is 60.7 Å². The predicted octanol–water partition coefficient (Wildman–Crippen LogP) is 4.37. The Balaban J connectivity index is 2.04. The Morgan fingerprint density at radius 3 is 2.07 bits per heavy atom. The lowest BCUT2D eigenvalue weighted by Crippen LogP contribution is -2.24. The van der Waals surface area contributed by atoms with Crippen molar-refractivity contribution < 1.29 is 19.0 Å². The number of carboxylic acids is 1. The van der Waals surface area contributed by atoms with Crippen molar-refractivity contribution in [1.82, 2.24) is 0 Å². The maximum atomic E-state index is 14.2. The van der Waals surface area contributed by atoms with Gasteiger partial charge >= 0.3 is 5.97 Å². The Bertz CT molecular complexity index is 930. The Kier molecular flexibility index (Phi) is 6.17. The van der Waals surface area contributed by atoms with Gasteiger partial charge in [-0.3, -0.25) is 4.99 Å². The fourth-order valence-corrected chi connectivity index (χ4v) is 2.89. The van der Waals surface area contributed by atoms with Crippen molar-refractivity contribution in [3.05, 3.63) is 101 Å². The van der Waals surface area contributed by atoms with E-state index < -0.39 is 17.8 Å². The number of aliphatic imine (C=N–C) groups is 1. The Hall–Kier alpha value is -3.47. The van der Waals surface area contributed by atoms with Crippen molar-refractivity contribution in [2.24, 2.45) is 4.99 Å². The molecule has 1 unspecified atom stereocenters. The number of aliphatic carboxylic acids is 1. The number of benzene rings is 3. The summed E-state index contributed by atoms with van der Waals surface area (Å²) in [5.41, 5.74) is 2.39. The first kappa shape index (κ1) is 19.3. The molecule has 0 amide bonds. The van der Waals surface area contributed by atoms with Gasteiger partial charge < -0.3 is 9.84 Å². The Labute approximate surface area is 163 Å². The number of carbonyl (C=O) groups is 1.